The number of unbranched alkanes of at least 4 members (excludes halogenated alkanes) is 7. The van der Waals surface area contributed by atoms with Crippen LogP contribution in [-0.4, -0.2) is 24.6 Å². The number of carboxylic acids is 1. The summed E-state index contributed by atoms with van der Waals surface area (Å²) in [6.45, 7) is 10.2. The zero-order valence-electron chi connectivity index (χ0n) is 15.5. The normalized spacial score (nSPS) is 14.2. The molecule has 0 aliphatic carbocycles. The van der Waals surface area contributed by atoms with Crippen molar-refractivity contribution in [3.8, 4) is 0 Å². The van der Waals surface area contributed by atoms with Crippen LogP contribution in [0.1, 0.15) is 98.3 Å². The lowest BCUT2D eigenvalue weighted by Gasteiger charge is -2.39. The Hall–Kier alpha value is -0.570. The number of rotatable bonds is 15. The summed E-state index contributed by atoms with van der Waals surface area (Å²) in [4.78, 5) is 12.9. The van der Waals surface area contributed by atoms with E-state index in [0.717, 1.165) is 45.2 Å². The number of carboxylic acid groups (broad SMARTS) is 1. The second kappa shape index (κ2) is 12.9. The highest BCUT2D eigenvalue weighted by atomic mass is 16.4. The second-order valence-corrected chi connectivity index (χ2v) is 6.95. The summed E-state index contributed by atoms with van der Waals surface area (Å²) < 4.78 is 0. The first kappa shape index (κ1) is 21.4. The van der Waals surface area contributed by atoms with Gasteiger partial charge in [0.05, 0.1) is 13.1 Å². The van der Waals surface area contributed by atoms with Crippen LogP contribution in [0.4, 0.5) is 0 Å². The largest absolute Gasteiger partial charge is 0.544 e. The van der Waals surface area contributed by atoms with Gasteiger partial charge in [-0.2, -0.15) is 0 Å². The van der Waals surface area contributed by atoms with Crippen molar-refractivity contribution < 1.29 is 14.8 Å². The topological polar surface area (TPSA) is 44.6 Å². The molecule has 0 aromatic rings. The van der Waals surface area contributed by atoms with Gasteiger partial charge in [0.2, 0.25) is 0 Å². The second-order valence-electron chi connectivity index (χ2n) is 6.95. The molecule has 1 unspecified atom stereocenters. The molecule has 0 aromatic carbocycles. The third kappa shape index (κ3) is 8.17. The molecule has 0 saturated heterocycles. The molecule has 1 atom stereocenters. The van der Waals surface area contributed by atoms with Crippen molar-refractivity contribution in [1.82, 2.24) is 0 Å². The highest BCUT2D eigenvalue weighted by Gasteiger charge is 2.35. The maximum Gasteiger partial charge on any atom is 0.135 e. The van der Waals surface area contributed by atoms with Gasteiger partial charge < -0.3 is 14.8 Å². The van der Waals surface area contributed by atoms with Crippen molar-refractivity contribution in [2.45, 2.75) is 104 Å². The Morgan fingerprint density at radius 1 is 0.818 bits per heavy atom. The molecule has 1 N–H and O–H groups in total. The smallest absolute Gasteiger partial charge is 0.135 e. The number of carbonyl (C=O) groups excluding carboxylic acids is 1. The maximum atomic E-state index is 11.7. The summed E-state index contributed by atoms with van der Waals surface area (Å²) in [6, 6.07) is 0. The standard InChI is InChI=1S/C19H39NO2/c1-5-8-9-10-11-12-13-14-15-19(4,18(21)22)20(16-6-2)17-7-3/h5-17H2,1-4H3,(H,21,22). The summed E-state index contributed by atoms with van der Waals surface area (Å²) in [7, 11) is 0. The molecule has 22 heavy (non-hydrogen) atoms. The number of quaternary nitrogens is 1. The number of hydrogen-bond acceptors (Lipinski definition) is 2. The number of nitrogens with one attached hydrogen (secondary N) is 1. The van der Waals surface area contributed by atoms with E-state index in [1.54, 1.807) is 0 Å². The number of hydrogen-bond donors (Lipinski definition) is 1. The van der Waals surface area contributed by atoms with Crippen molar-refractivity contribution in [3.05, 3.63) is 0 Å². The van der Waals surface area contributed by atoms with E-state index in [1.807, 2.05) is 6.92 Å². The minimum atomic E-state index is -0.868. The fraction of sp³-hybridized carbons (Fsp3) is 0.947. The molecule has 3 nitrogen and oxygen atoms in total. The van der Waals surface area contributed by atoms with Gasteiger partial charge in [0.15, 0.2) is 0 Å². The van der Waals surface area contributed by atoms with Gasteiger partial charge >= 0.3 is 0 Å². The highest BCUT2D eigenvalue weighted by molar-refractivity contribution is 5.74. The predicted molar refractivity (Wildman–Crippen MR) is 91.9 cm³/mol. The minimum absolute atomic E-state index is 0.714. The zero-order chi connectivity index (χ0) is 16.8. The van der Waals surface area contributed by atoms with Crippen molar-refractivity contribution in [1.29, 1.82) is 0 Å². The first-order valence-electron chi connectivity index (χ1n) is 9.59. The molecule has 0 aliphatic heterocycles. The average Bonchev–Trinajstić information content (AvgIpc) is 2.49. The molecule has 0 saturated carbocycles. The lowest BCUT2D eigenvalue weighted by atomic mass is 9.91. The zero-order valence-corrected chi connectivity index (χ0v) is 15.5. The van der Waals surface area contributed by atoms with Crippen LogP contribution in [0, 0.1) is 0 Å². The quantitative estimate of drug-likeness (QED) is 0.473. The molecule has 132 valence electrons. The summed E-state index contributed by atoms with van der Waals surface area (Å²) in [5.41, 5.74) is -0.714. The van der Waals surface area contributed by atoms with E-state index in [9.17, 15) is 9.90 Å². The van der Waals surface area contributed by atoms with Crippen LogP contribution in [0.5, 0.6) is 0 Å². The van der Waals surface area contributed by atoms with Gasteiger partial charge in [0.1, 0.15) is 11.5 Å². The summed E-state index contributed by atoms with van der Waals surface area (Å²) in [6.07, 6.45) is 12.8. The van der Waals surface area contributed by atoms with E-state index in [0.29, 0.717) is 0 Å². The molecule has 0 aliphatic rings. The van der Waals surface area contributed by atoms with Crippen molar-refractivity contribution in [2.75, 3.05) is 13.1 Å². The summed E-state index contributed by atoms with van der Waals surface area (Å²) >= 11 is 0. The van der Waals surface area contributed by atoms with Gasteiger partial charge in [-0.1, -0.05) is 65.7 Å². The van der Waals surface area contributed by atoms with Gasteiger partial charge in [0, 0.05) is 6.42 Å². The molecule has 0 rings (SSSR count). The third-order valence-corrected chi connectivity index (χ3v) is 4.86. The summed E-state index contributed by atoms with van der Waals surface area (Å²) in [5, 5.41) is 11.7. The first-order valence-corrected chi connectivity index (χ1v) is 9.59. The van der Waals surface area contributed by atoms with Gasteiger partial charge in [-0.05, 0) is 26.2 Å². The van der Waals surface area contributed by atoms with Gasteiger partial charge in [-0.25, -0.2) is 0 Å². The molecule has 0 amide bonds. The SMILES string of the molecule is CCCCCCCCCCC(C)(C(=O)[O-])[NH+](CCC)CCC. The first-order chi connectivity index (χ1) is 10.5. The fourth-order valence-electron chi connectivity index (χ4n) is 3.32. The van der Waals surface area contributed by atoms with Crippen molar-refractivity contribution >= 4 is 5.97 Å². The average molecular weight is 314 g/mol. The van der Waals surface area contributed by atoms with Crippen LogP contribution < -0.4 is 10.0 Å². The molecule has 0 fully saturated rings. The highest BCUT2D eigenvalue weighted by Crippen LogP contribution is 2.14. The molecular formula is C19H39NO2. The molecule has 0 spiro atoms. The Bertz CT molecular complexity index is 275. The van der Waals surface area contributed by atoms with Crippen LogP contribution in [0.25, 0.3) is 0 Å². The molecule has 0 aromatic heterocycles. The Balaban J connectivity index is 4.19. The van der Waals surface area contributed by atoms with Crippen LogP contribution >= 0.6 is 0 Å². The van der Waals surface area contributed by atoms with E-state index in [2.05, 4.69) is 20.8 Å². The van der Waals surface area contributed by atoms with Gasteiger partial charge in [0.25, 0.3) is 0 Å². The monoisotopic (exact) mass is 313 g/mol. The van der Waals surface area contributed by atoms with E-state index in [4.69, 9.17) is 0 Å². The fourth-order valence-corrected chi connectivity index (χ4v) is 3.32. The Morgan fingerprint density at radius 3 is 1.68 bits per heavy atom. The lowest BCUT2D eigenvalue weighted by Crippen LogP contribution is -3.21. The third-order valence-electron chi connectivity index (χ3n) is 4.86. The Kier molecular flexibility index (Phi) is 12.6. The molecule has 0 radical (unpaired) electrons. The van der Waals surface area contributed by atoms with E-state index >= 15 is 0 Å². The number of aliphatic carboxylic acids is 1. The summed E-state index contributed by atoms with van der Waals surface area (Å²) in [5.74, 6) is -0.868. The van der Waals surface area contributed by atoms with E-state index < -0.39 is 11.5 Å². The van der Waals surface area contributed by atoms with Gasteiger partial charge in [-0.15, -0.1) is 0 Å². The van der Waals surface area contributed by atoms with Crippen LogP contribution in [0.3, 0.4) is 0 Å². The van der Waals surface area contributed by atoms with Crippen LogP contribution in [-0.2, 0) is 4.79 Å². The molecule has 3 heteroatoms. The van der Waals surface area contributed by atoms with Gasteiger partial charge in [-0.3, -0.25) is 0 Å². The predicted octanol–water partition coefficient (Wildman–Crippen LogP) is 2.73. The van der Waals surface area contributed by atoms with E-state index in [-0.39, 0.29) is 0 Å². The Morgan fingerprint density at radius 2 is 1.27 bits per heavy atom. The maximum absolute atomic E-state index is 11.7. The number of carbonyl (C=O) groups is 1. The molecular weight excluding hydrogens is 274 g/mol. The Labute approximate surface area is 138 Å². The molecule has 0 bridgehead atoms. The van der Waals surface area contributed by atoms with E-state index in [1.165, 1.54) is 43.4 Å². The molecule has 0 heterocycles. The minimum Gasteiger partial charge on any atom is -0.544 e. The lowest BCUT2D eigenvalue weighted by molar-refractivity contribution is -0.943. The van der Waals surface area contributed by atoms with Crippen LogP contribution in [0.2, 0.25) is 0 Å². The van der Waals surface area contributed by atoms with Crippen LogP contribution in [0.15, 0.2) is 0 Å². The van der Waals surface area contributed by atoms with Crippen molar-refractivity contribution in [2.24, 2.45) is 0 Å². The van der Waals surface area contributed by atoms with Crippen molar-refractivity contribution in [3.63, 3.8) is 0 Å².